The molecular formula is C18H21BrN2O3. The van der Waals surface area contributed by atoms with Crippen LogP contribution in [0.25, 0.3) is 0 Å². The van der Waals surface area contributed by atoms with Gasteiger partial charge < -0.3 is 15.0 Å². The van der Waals surface area contributed by atoms with Crippen LogP contribution in [0.15, 0.2) is 22.7 Å². The molecule has 0 unspecified atom stereocenters. The molecule has 2 N–H and O–H groups in total. The second kappa shape index (κ2) is 7.66. The molecule has 0 aliphatic heterocycles. The first kappa shape index (κ1) is 18.3. The summed E-state index contributed by atoms with van der Waals surface area (Å²) in [7, 11) is 1.34. The monoisotopic (exact) mass is 392 g/mol. The van der Waals surface area contributed by atoms with Gasteiger partial charge in [-0.05, 0) is 49.6 Å². The molecule has 1 aromatic carbocycles. The highest BCUT2D eigenvalue weighted by atomic mass is 79.9. The second-order valence-corrected chi connectivity index (χ2v) is 6.55. The zero-order valence-electron chi connectivity index (χ0n) is 14.2. The number of carbonyl (C=O) groups is 2. The number of hydrogen-bond donors (Lipinski definition) is 2. The van der Waals surface area contributed by atoms with Gasteiger partial charge in [0.2, 0.25) is 0 Å². The molecule has 0 fully saturated rings. The number of H-pyrrole nitrogens is 1. The van der Waals surface area contributed by atoms with Gasteiger partial charge in [-0.3, -0.25) is 4.79 Å². The number of aromatic amines is 1. The maximum atomic E-state index is 12.7. The van der Waals surface area contributed by atoms with E-state index in [1.807, 2.05) is 32.0 Å². The molecule has 1 amide bonds. The number of aryl methyl sites for hydroxylation is 2. The van der Waals surface area contributed by atoms with Crippen LogP contribution in [0.2, 0.25) is 0 Å². The summed E-state index contributed by atoms with van der Waals surface area (Å²) in [6, 6.07) is 5.64. The molecule has 2 aromatic rings. The Kier molecular flexibility index (Phi) is 5.83. The lowest BCUT2D eigenvalue weighted by molar-refractivity contribution is 0.0599. The lowest BCUT2D eigenvalue weighted by Gasteiger charge is -2.10. The van der Waals surface area contributed by atoms with E-state index in [1.165, 1.54) is 7.11 Å². The summed E-state index contributed by atoms with van der Waals surface area (Å²) in [5.41, 5.74) is 3.90. The average molecular weight is 393 g/mol. The fourth-order valence-corrected chi connectivity index (χ4v) is 3.18. The summed E-state index contributed by atoms with van der Waals surface area (Å²) >= 11 is 3.41. The van der Waals surface area contributed by atoms with E-state index in [9.17, 15) is 9.59 Å². The highest BCUT2D eigenvalue weighted by Crippen LogP contribution is 2.24. The number of rotatable bonds is 5. The fourth-order valence-electron chi connectivity index (χ4n) is 2.70. The Hall–Kier alpha value is -2.08. The zero-order chi connectivity index (χ0) is 17.9. The number of benzene rings is 1. The smallest absolute Gasteiger partial charge is 0.339 e. The minimum Gasteiger partial charge on any atom is -0.465 e. The Labute approximate surface area is 149 Å². The van der Waals surface area contributed by atoms with Crippen molar-refractivity contribution in [3.8, 4) is 0 Å². The predicted octanol–water partition coefficient (Wildman–Crippen LogP) is 4.39. The zero-order valence-corrected chi connectivity index (χ0v) is 15.8. The molecule has 24 heavy (non-hydrogen) atoms. The molecule has 0 atom stereocenters. The van der Waals surface area contributed by atoms with Crippen molar-refractivity contribution in [3.63, 3.8) is 0 Å². The summed E-state index contributed by atoms with van der Waals surface area (Å²) in [6.07, 6.45) is 1.44. The van der Waals surface area contributed by atoms with Gasteiger partial charge in [0.25, 0.3) is 5.91 Å². The van der Waals surface area contributed by atoms with Crippen LogP contribution < -0.4 is 5.32 Å². The summed E-state index contributed by atoms with van der Waals surface area (Å²) < 4.78 is 5.80. The van der Waals surface area contributed by atoms with Crippen molar-refractivity contribution < 1.29 is 14.3 Å². The van der Waals surface area contributed by atoms with Crippen LogP contribution in [-0.2, 0) is 11.2 Å². The molecule has 1 heterocycles. The first-order chi connectivity index (χ1) is 11.4. The predicted molar refractivity (Wildman–Crippen MR) is 97.7 cm³/mol. The standard InChI is InChI=1S/C18H21BrN2O3/c1-5-6-13-15(18(23)24-4)11(3)20-16(13)17(22)21-14-8-7-12(19)9-10(14)2/h7-9,20H,5-6H2,1-4H3,(H,21,22). The number of anilines is 1. The Bertz CT molecular complexity index is 781. The van der Waals surface area contributed by atoms with Gasteiger partial charge in [0.05, 0.1) is 12.7 Å². The van der Waals surface area contributed by atoms with Gasteiger partial charge in [0, 0.05) is 15.9 Å². The number of aromatic nitrogens is 1. The molecule has 0 bridgehead atoms. The molecule has 0 radical (unpaired) electrons. The Balaban J connectivity index is 2.40. The summed E-state index contributed by atoms with van der Waals surface area (Å²) in [5, 5.41) is 2.91. The van der Waals surface area contributed by atoms with Gasteiger partial charge in [-0.25, -0.2) is 4.79 Å². The minimum absolute atomic E-state index is 0.262. The SMILES string of the molecule is CCCc1c(C(=O)Nc2ccc(Br)cc2C)[nH]c(C)c1C(=O)OC. The van der Waals surface area contributed by atoms with Crippen LogP contribution >= 0.6 is 15.9 Å². The maximum Gasteiger partial charge on any atom is 0.339 e. The van der Waals surface area contributed by atoms with Gasteiger partial charge in [-0.2, -0.15) is 0 Å². The molecule has 0 spiro atoms. The van der Waals surface area contributed by atoms with Crippen molar-refractivity contribution in [3.05, 3.63) is 50.8 Å². The van der Waals surface area contributed by atoms with Crippen molar-refractivity contribution in [2.75, 3.05) is 12.4 Å². The van der Waals surface area contributed by atoms with Crippen LogP contribution in [-0.4, -0.2) is 24.0 Å². The lowest BCUT2D eigenvalue weighted by Crippen LogP contribution is -2.16. The van der Waals surface area contributed by atoms with Crippen molar-refractivity contribution in [2.45, 2.75) is 33.6 Å². The van der Waals surface area contributed by atoms with Gasteiger partial charge >= 0.3 is 5.97 Å². The lowest BCUT2D eigenvalue weighted by atomic mass is 10.0. The van der Waals surface area contributed by atoms with Crippen LogP contribution in [0.3, 0.4) is 0 Å². The quantitative estimate of drug-likeness (QED) is 0.741. The number of ether oxygens (including phenoxy) is 1. The second-order valence-electron chi connectivity index (χ2n) is 5.63. The average Bonchev–Trinajstić information content (AvgIpc) is 2.86. The van der Waals surface area contributed by atoms with Gasteiger partial charge in [-0.1, -0.05) is 29.3 Å². The Morgan fingerprint density at radius 2 is 2.00 bits per heavy atom. The first-order valence-corrected chi connectivity index (χ1v) is 8.55. The normalized spacial score (nSPS) is 10.5. The summed E-state index contributed by atoms with van der Waals surface area (Å²) in [4.78, 5) is 27.8. The van der Waals surface area contributed by atoms with Crippen molar-refractivity contribution in [1.82, 2.24) is 4.98 Å². The molecule has 128 valence electrons. The van der Waals surface area contributed by atoms with Gasteiger partial charge in [-0.15, -0.1) is 0 Å². The van der Waals surface area contributed by atoms with Crippen molar-refractivity contribution in [1.29, 1.82) is 0 Å². The number of hydrogen-bond acceptors (Lipinski definition) is 3. The Morgan fingerprint density at radius 1 is 1.29 bits per heavy atom. The van der Waals surface area contributed by atoms with Gasteiger partial charge in [0.1, 0.15) is 5.69 Å². The van der Waals surface area contributed by atoms with E-state index in [0.29, 0.717) is 28.9 Å². The molecular weight excluding hydrogens is 372 g/mol. The summed E-state index contributed by atoms with van der Waals surface area (Å²) in [5.74, 6) is -0.687. The van der Waals surface area contributed by atoms with E-state index in [1.54, 1.807) is 6.92 Å². The van der Waals surface area contributed by atoms with Crippen LogP contribution in [0.1, 0.15) is 51.0 Å². The van der Waals surface area contributed by atoms with Crippen LogP contribution in [0, 0.1) is 13.8 Å². The maximum absolute atomic E-state index is 12.7. The van der Waals surface area contributed by atoms with Crippen LogP contribution in [0.4, 0.5) is 5.69 Å². The molecule has 5 nitrogen and oxygen atoms in total. The molecule has 0 aliphatic carbocycles. The minimum atomic E-state index is -0.425. The number of esters is 1. The molecule has 0 saturated carbocycles. The molecule has 0 aliphatic rings. The van der Waals surface area contributed by atoms with Crippen LogP contribution in [0.5, 0.6) is 0 Å². The number of halogens is 1. The van der Waals surface area contributed by atoms with Crippen molar-refractivity contribution >= 4 is 33.5 Å². The van der Waals surface area contributed by atoms with E-state index in [0.717, 1.165) is 22.1 Å². The van der Waals surface area contributed by atoms with E-state index in [2.05, 4.69) is 26.2 Å². The topological polar surface area (TPSA) is 71.2 Å². The highest BCUT2D eigenvalue weighted by molar-refractivity contribution is 9.10. The molecule has 6 heteroatoms. The third-order valence-electron chi connectivity index (χ3n) is 3.84. The van der Waals surface area contributed by atoms with E-state index in [4.69, 9.17) is 4.74 Å². The first-order valence-electron chi connectivity index (χ1n) is 7.76. The summed E-state index contributed by atoms with van der Waals surface area (Å²) in [6.45, 7) is 5.70. The largest absolute Gasteiger partial charge is 0.465 e. The van der Waals surface area contributed by atoms with Gasteiger partial charge in [0.15, 0.2) is 0 Å². The third kappa shape index (κ3) is 3.70. The highest BCUT2D eigenvalue weighted by Gasteiger charge is 2.24. The fraction of sp³-hybridized carbons (Fsp3) is 0.333. The molecule has 2 rings (SSSR count). The van der Waals surface area contributed by atoms with Crippen molar-refractivity contribution in [2.24, 2.45) is 0 Å². The number of methoxy groups -OCH3 is 1. The number of amides is 1. The van der Waals surface area contributed by atoms with E-state index < -0.39 is 5.97 Å². The van der Waals surface area contributed by atoms with E-state index in [-0.39, 0.29) is 5.91 Å². The number of nitrogens with one attached hydrogen (secondary N) is 2. The van der Waals surface area contributed by atoms with E-state index >= 15 is 0 Å². The molecule has 0 saturated heterocycles. The molecule has 1 aromatic heterocycles. The number of carbonyl (C=O) groups excluding carboxylic acids is 2. The Morgan fingerprint density at radius 3 is 2.58 bits per heavy atom. The third-order valence-corrected chi connectivity index (χ3v) is 4.34.